The molecule has 0 spiro atoms. The number of hydrogen-bond acceptors (Lipinski definition) is 3. The van der Waals surface area contributed by atoms with Crippen molar-refractivity contribution in [2.24, 2.45) is 0 Å². The molecule has 0 amide bonds. The minimum Gasteiger partial charge on any atom is -0.361 e. The Kier molecular flexibility index (Phi) is 2.11. The predicted molar refractivity (Wildman–Crippen MR) is 52.1 cm³/mol. The fraction of sp³-hybridized carbons (Fsp3) is 0.400. The largest absolute Gasteiger partial charge is 0.361 e. The van der Waals surface area contributed by atoms with Gasteiger partial charge >= 0.3 is 0 Å². The van der Waals surface area contributed by atoms with Crippen molar-refractivity contribution >= 4 is 0 Å². The van der Waals surface area contributed by atoms with Gasteiger partial charge in [-0.1, -0.05) is 5.16 Å². The first-order valence-corrected chi connectivity index (χ1v) is 4.59. The smallest absolute Gasteiger partial charge is 0.137 e. The average molecular weight is 191 g/mol. The highest BCUT2D eigenvalue weighted by molar-refractivity contribution is 5.28. The Labute approximate surface area is 82.3 Å². The maximum absolute atomic E-state index is 5.00. The molecule has 0 aliphatic carbocycles. The molecular weight excluding hydrogens is 178 g/mol. The van der Waals surface area contributed by atoms with E-state index in [4.69, 9.17) is 4.52 Å². The number of aromatic nitrogens is 3. The van der Waals surface area contributed by atoms with Crippen molar-refractivity contribution in [3.05, 3.63) is 34.5 Å². The van der Waals surface area contributed by atoms with Gasteiger partial charge in [0.1, 0.15) is 5.76 Å². The first-order valence-electron chi connectivity index (χ1n) is 4.59. The minimum atomic E-state index is 0.783. The second-order valence-electron chi connectivity index (χ2n) is 3.50. The van der Waals surface area contributed by atoms with E-state index in [0.29, 0.717) is 0 Å². The molecule has 0 saturated carbocycles. The average Bonchev–Trinajstić information content (AvgIpc) is 2.68. The summed E-state index contributed by atoms with van der Waals surface area (Å²) in [5, 5.41) is 10.9. The lowest BCUT2D eigenvalue weighted by Crippen LogP contribution is -1.91. The summed E-state index contributed by atoms with van der Waals surface area (Å²) in [6.45, 7) is 6.00. The fourth-order valence-electron chi connectivity index (χ4n) is 1.38. The molecule has 0 aromatic carbocycles. The maximum atomic E-state index is 5.00. The fourth-order valence-corrected chi connectivity index (χ4v) is 1.38. The van der Waals surface area contributed by atoms with E-state index >= 15 is 0 Å². The molecule has 4 heteroatoms. The van der Waals surface area contributed by atoms with Gasteiger partial charge in [-0.15, -0.1) is 0 Å². The normalized spacial score (nSPS) is 10.8. The predicted octanol–water partition coefficient (Wildman–Crippen LogP) is 1.91. The van der Waals surface area contributed by atoms with E-state index in [0.717, 1.165) is 29.1 Å². The van der Waals surface area contributed by atoms with Crippen LogP contribution in [0.25, 0.3) is 0 Å². The van der Waals surface area contributed by atoms with Crippen molar-refractivity contribution in [2.75, 3.05) is 0 Å². The Hall–Kier alpha value is -1.58. The summed E-state index contributed by atoms with van der Waals surface area (Å²) in [6.07, 6.45) is 2.53. The second kappa shape index (κ2) is 3.29. The van der Waals surface area contributed by atoms with Crippen LogP contribution in [0.15, 0.2) is 10.7 Å². The Morgan fingerprint density at radius 3 is 2.64 bits per heavy atom. The molecular formula is C10H13N3O. The highest BCUT2D eigenvalue weighted by atomic mass is 16.5. The van der Waals surface area contributed by atoms with Crippen LogP contribution in [0.5, 0.6) is 0 Å². The molecule has 0 fully saturated rings. The Balaban J connectivity index is 2.27. The molecule has 0 radical (unpaired) electrons. The van der Waals surface area contributed by atoms with E-state index in [1.54, 1.807) is 6.20 Å². The summed E-state index contributed by atoms with van der Waals surface area (Å²) in [6, 6.07) is 0. The number of nitrogens with one attached hydrogen (secondary N) is 1. The molecule has 0 saturated heterocycles. The first kappa shape index (κ1) is 8.99. The quantitative estimate of drug-likeness (QED) is 0.788. The van der Waals surface area contributed by atoms with Gasteiger partial charge in [-0.2, -0.15) is 5.10 Å². The molecule has 14 heavy (non-hydrogen) atoms. The van der Waals surface area contributed by atoms with Crippen LogP contribution in [0.4, 0.5) is 0 Å². The van der Waals surface area contributed by atoms with E-state index in [9.17, 15) is 0 Å². The van der Waals surface area contributed by atoms with Crippen molar-refractivity contribution < 1.29 is 4.52 Å². The van der Waals surface area contributed by atoms with Crippen LogP contribution in [0.2, 0.25) is 0 Å². The molecule has 2 rings (SSSR count). The molecule has 2 aromatic heterocycles. The molecule has 0 unspecified atom stereocenters. The third kappa shape index (κ3) is 1.43. The van der Waals surface area contributed by atoms with Crippen molar-refractivity contribution in [1.29, 1.82) is 0 Å². The number of aryl methyl sites for hydroxylation is 2. The van der Waals surface area contributed by atoms with Gasteiger partial charge in [-0.25, -0.2) is 0 Å². The van der Waals surface area contributed by atoms with Gasteiger partial charge in [0.25, 0.3) is 0 Å². The van der Waals surface area contributed by atoms with Crippen LogP contribution in [-0.4, -0.2) is 15.4 Å². The monoisotopic (exact) mass is 191 g/mol. The number of hydrogen-bond donors (Lipinski definition) is 1. The lowest BCUT2D eigenvalue weighted by molar-refractivity contribution is 0.396. The highest BCUT2D eigenvalue weighted by Gasteiger charge is 2.09. The van der Waals surface area contributed by atoms with Crippen molar-refractivity contribution in [3.8, 4) is 0 Å². The van der Waals surface area contributed by atoms with Crippen LogP contribution in [-0.2, 0) is 6.42 Å². The van der Waals surface area contributed by atoms with Gasteiger partial charge in [-0.3, -0.25) is 5.10 Å². The molecule has 0 aliphatic heterocycles. The summed E-state index contributed by atoms with van der Waals surface area (Å²) in [4.78, 5) is 0. The Morgan fingerprint density at radius 1 is 1.36 bits per heavy atom. The van der Waals surface area contributed by atoms with E-state index in [1.807, 2.05) is 13.8 Å². The molecule has 4 nitrogen and oxygen atoms in total. The zero-order chi connectivity index (χ0) is 10.1. The Bertz CT molecular complexity index is 442. The topological polar surface area (TPSA) is 54.7 Å². The zero-order valence-electron chi connectivity index (χ0n) is 8.59. The number of aromatic amines is 1. The van der Waals surface area contributed by atoms with Gasteiger partial charge in [0, 0.05) is 17.7 Å². The number of nitrogens with zero attached hydrogens (tertiary/aromatic N) is 2. The molecule has 2 aromatic rings. The first-order chi connectivity index (χ1) is 6.68. The van der Waals surface area contributed by atoms with Gasteiger partial charge in [-0.05, 0) is 26.3 Å². The van der Waals surface area contributed by atoms with Gasteiger partial charge in [0.15, 0.2) is 0 Å². The van der Waals surface area contributed by atoms with Gasteiger partial charge < -0.3 is 4.52 Å². The molecule has 0 bridgehead atoms. The lowest BCUT2D eigenvalue weighted by atomic mass is 10.1. The van der Waals surface area contributed by atoms with Crippen molar-refractivity contribution in [1.82, 2.24) is 15.4 Å². The van der Waals surface area contributed by atoms with Crippen LogP contribution < -0.4 is 0 Å². The third-order valence-corrected chi connectivity index (χ3v) is 2.56. The summed E-state index contributed by atoms with van der Waals surface area (Å²) in [7, 11) is 0. The van der Waals surface area contributed by atoms with E-state index < -0.39 is 0 Å². The summed E-state index contributed by atoms with van der Waals surface area (Å²) < 4.78 is 5.00. The van der Waals surface area contributed by atoms with Gasteiger partial charge in [0.2, 0.25) is 0 Å². The van der Waals surface area contributed by atoms with E-state index in [1.165, 1.54) is 5.56 Å². The second-order valence-corrected chi connectivity index (χ2v) is 3.50. The molecule has 2 heterocycles. The number of rotatable bonds is 2. The van der Waals surface area contributed by atoms with E-state index in [2.05, 4.69) is 22.3 Å². The summed E-state index contributed by atoms with van der Waals surface area (Å²) in [5.74, 6) is 0.866. The summed E-state index contributed by atoms with van der Waals surface area (Å²) in [5.41, 5.74) is 4.49. The Morgan fingerprint density at radius 2 is 2.14 bits per heavy atom. The van der Waals surface area contributed by atoms with Crippen LogP contribution in [0, 0.1) is 20.8 Å². The van der Waals surface area contributed by atoms with Crippen LogP contribution in [0.3, 0.4) is 0 Å². The summed E-state index contributed by atoms with van der Waals surface area (Å²) >= 11 is 0. The third-order valence-electron chi connectivity index (χ3n) is 2.56. The maximum Gasteiger partial charge on any atom is 0.137 e. The zero-order valence-corrected chi connectivity index (χ0v) is 8.59. The molecule has 1 N–H and O–H groups in total. The van der Waals surface area contributed by atoms with Gasteiger partial charge in [0.05, 0.1) is 11.9 Å². The van der Waals surface area contributed by atoms with Crippen molar-refractivity contribution in [2.45, 2.75) is 27.2 Å². The minimum absolute atomic E-state index is 0.783. The number of H-pyrrole nitrogens is 1. The molecule has 0 aliphatic rings. The lowest BCUT2D eigenvalue weighted by Gasteiger charge is -1.95. The molecule has 0 atom stereocenters. The highest BCUT2D eigenvalue weighted by Crippen LogP contribution is 2.15. The van der Waals surface area contributed by atoms with Crippen molar-refractivity contribution in [3.63, 3.8) is 0 Å². The SMILES string of the molecule is Cc1[nH]nc(Cc2cnoc2C)c1C. The van der Waals surface area contributed by atoms with E-state index in [-0.39, 0.29) is 0 Å². The van der Waals surface area contributed by atoms with Crippen LogP contribution in [0.1, 0.15) is 28.3 Å². The molecule has 74 valence electrons. The van der Waals surface area contributed by atoms with Crippen LogP contribution >= 0.6 is 0 Å². The standard InChI is InChI=1S/C10H13N3O/c1-6-7(2)12-13-10(6)4-9-5-11-14-8(9)3/h5H,4H2,1-3H3,(H,12,13).